The van der Waals surface area contributed by atoms with Crippen molar-refractivity contribution in [1.29, 1.82) is 0 Å². The normalized spacial score (nSPS) is 16.2. The summed E-state index contributed by atoms with van der Waals surface area (Å²) < 4.78 is 0. The van der Waals surface area contributed by atoms with Crippen LogP contribution in [0.4, 0.5) is 0 Å². The molecule has 0 saturated heterocycles. The van der Waals surface area contributed by atoms with Crippen molar-refractivity contribution in [2.45, 2.75) is 98.3 Å². The smallest absolute Gasteiger partial charge is 0.160 e. The highest BCUT2D eigenvalue weighted by Crippen LogP contribution is 2.49. The van der Waals surface area contributed by atoms with Crippen molar-refractivity contribution in [3.63, 3.8) is 0 Å². The van der Waals surface area contributed by atoms with Gasteiger partial charge in [0.25, 0.3) is 0 Å². The fraction of sp³-hybridized carbons (Fsp3) is 0.739. The van der Waals surface area contributed by atoms with Gasteiger partial charge in [0, 0.05) is 0 Å². The molecule has 142 valence electrons. The third-order valence-corrected chi connectivity index (χ3v) is 5.70. The van der Waals surface area contributed by atoms with Gasteiger partial charge in [-0.3, -0.25) is 0 Å². The highest BCUT2D eigenvalue weighted by molar-refractivity contribution is 5.47. The zero-order valence-electron chi connectivity index (χ0n) is 16.8. The SMILES string of the molecule is CC(C)(C)CCCCCc1cc(O)c(O)c(CCCCC2(C)CC2)c1. The van der Waals surface area contributed by atoms with E-state index in [1.54, 1.807) is 6.07 Å². The first-order valence-electron chi connectivity index (χ1n) is 10.2. The second kappa shape index (κ2) is 8.47. The number of unbranched alkanes of at least 4 members (excludes halogenated alkanes) is 3. The molecule has 0 unspecified atom stereocenters. The predicted octanol–water partition coefficient (Wildman–Crippen LogP) is 6.76. The lowest BCUT2D eigenvalue weighted by Gasteiger charge is -2.17. The van der Waals surface area contributed by atoms with E-state index in [4.69, 9.17) is 0 Å². The van der Waals surface area contributed by atoms with Crippen molar-refractivity contribution in [1.82, 2.24) is 0 Å². The molecule has 2 nitrogen and oxygen atoms in total. The molecular formula is C23H38O2. The Bertz CT molecular complexity index is 550. The van der Waals surface area contributed by atoms with Crippen molar-refractivity contribution in [2.75, 3.05) is 0 Å². The van der Waals surface area contributed by atoms with Gasteiger partial charge in [-0.1, -0.05) is 53.0 Å². The molecule has 1 aliphatic carbocycles. The van der Waals surface area contributed by atoms with E-state index in [-0.39, 0.29) is 11.5 Å². The maximum Gasteiger partial charge on any atom is 0.160 e. The van der Waals surface area contributed by atoms with Crippen molar-refractivity contribution in [2.24, 2.45) is 10.8 Å². The molecule has 0 heterocycles. The Kier molecular flexibility index (Phi) is 6.82. The number of phenolic OH excluding ortho intramolecular Hbond substituents is 2. The van der Waals surface area contributed by atoms with E-state index in [0.717, 1.165) is 36.8 Å². The van der Waals surface area contributed by atoms with Gasteiger partial charge in [-0.05, 0) is 79.4 Å². The topological polar surface area (TPSA) is 40.5 Å². The average Bonchev–Trinajstić information content (AvgIpc) is 3.24. The molecule has 1 fully saturated rings. The zero-order chi connectivity index (χ0) is 18.5. The Morgan fingerprint density at radius 3 is 2.24 bits per heavy atom. The van der Waals surface area contributed by atoms with E-state index in [1.807, 2.05) is 0 Å². The van der Waals surface area contributed by atoms with Crippen LogP contribution in [0, 0.1) is 10.8 Å². The van der Waals surface area contributed by atoms with Crippen LogP contribution in [0.3, 0.4) is 0 Å². The van der Waals surface area contributed by atoms with Crippen LogP contribution >= 0.6 is 0 Å². The lowest BCUT2D eigenvalue weighted by molar-refractivity contribution is 0.358. The molecule has 1 aromatic carbocycles. The zero-order valence-corrected chi connectivity index (χ0v) is 16.8. The molecule has 0 spiro atoms. The summed E-state index contributed by atoms with van der Waals surface area (Å²) in [5, 5.41) is 20.2. The summed E-state index contributed by atoms with van der Waals surface area (Å²) in [7, 11) is 0. The minimum atomic E-state index is 0.0522. The van der Waals surface area contributed by atoms with Crippen molar-refractivity contribution < 1.29 is 10.2 Å². The van der Waals surface area contributed by atoms with Crippen molar-refractivity contribution in [3.05, 3.63) is 23.3 Å². The van der Waals surface area contributed by atoms with E-state index in [1.165, 1.54) is 44.9 Å². The van der Waals surface area contributed by atoms with Gasteiger partial charge in [0.2, 0.25) is 0 Å². The summed E-state index contributed by atoms with van der Waals surface area (Å²) >= 11 is 0. The van der Waals surface area contributed by atoms with Crippen LogP contribution in [0.15, 0.2) is 12.1 Å². The second-order valence-electron chi connectivity index (χ2n) is 9.76. The van der Waals surface area contributed by atoms with Gasteiger partial charge >= 0.3 is 0 Å². The molecule has 25 heavy (non-hydrogen) atoms. The molecule has 1 saturated carbocycles. The van der Waals surface area contributed by atoms with Gasteiger partial charge in [-0.15, -0.1) is 0 Å². The molecule has 0 aromatic heterocycles. The van der Waals surface area contributed by atoms with E-state index >= 15 is 0 Å². The van der Waals surface area contributed by atoms with Crippen LogP contribution in [0.2, 0.25) is 0 Å². The lowest BCUT2D eigenvalue weighted by Crippen LogP contribution is -2.04. The van der Waals surface area contributed by atoms with E-state index < -0.39 is 0 Å². The van der Waals surface area contributed by atoms with Crippen molar-refractivity contribution in [3.8, 4) is 11.5 Å². The highest BCUT2D eigenvalue weighted by atomic mass is 16.3. The summed E-state index contributed by atoms with van der Waals surface area (Å²) in [6.45, 7) is 9.25. The van der Waals surface area contributed by atoms with Gasteiger partial charge in [0.15, 0.2) is 11.5 Å². The quantitative estimate of drug-likeness (QED) is 0.363. The van der Waals surface area contributed by atoms with Gasteiger partial charge < -0.3 is 10.2 Å². The van der Waals surface area contributed by atoms with E-state index in [9.17, 15) is 10.2 Å². The number of aromatic hydroxyl groups is 2. The number of aryl methyl sites for hydroxylation is 2. The first-order valence-corrected chi connectivity index (χ1v) is 10.2. The fourth-order valence-corrected chi connectivity index (χ4v) is 3.57. The maximum atomic E-state index is 10.1. The van der Waals surface area contributed by atoms with Crippen LogP contribution in [-0.2, 0) is 12.8 Å². The number of benzene rings is 1. The fourth-order valence-electron chi connectivity index (χ4n) is 3.57. The maximum absolute atomic E-state index is 10.1. The molecule has 0 bridgehead atoms. The first kappa shape index (κ1) is 20.1. The molecule has 0 atom stereocenters. The first-order chi connectivity index (χ1) is 11.7. The molecule has 0 radical (unpaired) electrons. The minimum Gasteiger partial charge on any atom is -0.504 e. The lowest BCUT2D eigenvalue weighted by atomic mass is 9.89. The Balaban J connectivity index is 1.77. The van der Waals surface area contributed by atoms with Crippen LogP contribution in [0.1, 0.15) is 96.6 Å². The van der Waals surface area contributed by atoms with E-state index in [2.05, 4.69) is 33.8 Å². The Morgan fingerprint density at radius 1 is 0.920 bits per heavy atom. The molecular weight excluding hydrogens is 308 g/mol. The molecule has 0 aliphatic heterocycles. The van der Waals surface area contributed by atoms with Crippen LogP contribution in [0.25, 0.3) is 0 Å². The summed E-state index contributed by atoms with van der Waals surface area (Å²) in [5.74, 6) is 0.144. The average molecular weight is 347 g/mol. The third kappa shape index (κ3) is 7.30. The summed E-state index contributed by atoms with van der Waals surface area (Å²) in [6, 6.07) is 3.85. The van der Waals surface area contributed by atoms with Crippen molar-refractivity contribution >= 4 is 0 Å². The summed E-state index contributed by atoms with van der Waals surface area (Å²) in [6.07, 6.45) is 13.1. The third-order valence-electron chi connectivity index (χ3n) is 5.70. The molecule has 2 N–H and O–H groups in total. The molecule has 1 aromatic rings. The van der Waals surface area contributed by atoms with Gasteiger partial charge in [0.05, 0.1) is 0 Å². The summed E-state index contributed by atoms with van der Waals surface area (Å²) in [5.41, 5.74) is 3.11. The molecule has 2 rings (SSSR count). The summed E-state index contributed by atoms with van der Waals surface area (Å²) in [4.78, 5) is 0. The standard InChI is InChI=1S/C23H38O2/c1-22(2,3)12-8-5-6-10-18-16-19(21(25)20(24)17-18)11-7-9-13-23(4)14-15-23/h16-17,24-25H,5-15H2,1-4H3. The van der Waals surface area contributed by atoms with Crippen LogP contribution in [-0.4, -0.2) is 10.2 Å². The molecule has 2 heteroatoms. The Labute approximate surface area is 154 Å². The second-order valence-corrected chi connectivity index (χ2v) is 9.76. The van der Waals surface area contributed by atoms with Gasteiger partial charge in [-0.2, -0.15) is 0 Å². The largest absolute Gasteiger partial charge is 0.504 e. The minimum absolute atomic E-state index is 0.0522. The van der Waals surface area contributed by atoms with Gasteiger partial charge in [-0.25, -0.2) is 0 Å². The Hall–Kier alpha value is -1.18. The number of hydrogen-bond donors (Lipinski definition) is 2. The number of phenols is 2. The van der Waals surface area contributed by atoms with Gasteiger partial charge in [0.1, 0.15) is 0 Å². The monoisotopic (exact) mass is 346 g/mol. The number of rotatable bonds is 10. The molecule has 0 amide bonds. The van der Waals surface area contributed by atoms with Crippen LogP contribution < -0.4 is 0 Å². The van der Waals surface area contributed by atoms with E-state index in [0.29, 0.717) is 10.8 Å². The Morgan fingerprint density at radius 2 is 1.60 bits per heavy atom. The van der Waals surface area contributed by atoms with Crippen LogP contribution in [0.5, 0.6) is 11.5 Å². The molecule has 1 aliphatic rings. The number of hydrogen-bond acceptors (Lipinski definition) is 2. The highest BCUT2D eigenvalue weighted by Gasteiger charge is 2.35. The predicted molar refractivity (Wildman–Crippen MR) is 106 cm³/mol.